The molecule has 0 aliphatic heterocycles. The van der Waals surface area contributed by atoms with E-state index >= 15 is 0 Å². The van der Waals surface area contributed by atoms with Crippen molar-refractivity contribution in [1.29, 1.82) is 0 Å². The molecule has 90 valence electrons. The Balaban J connectivity index is 2.22. The fraction of sp³-hybridized carbons (Fsp3) is 1.00. The number of hydrogen-bond acceptors (Lipinski definition) is 2. The Hall–Kier alpha value is -0.0800. The van der Waals surface area contributed by atoms with Gasteiger partial charge in [0.25, 0.3) is 0 Å². The molecule has 0 saturated heterocycles. The second-order valence-electron chi connectivity index (χ2n) is 5.36. The van der Waals surface area contributed by atoms with Gasteiger partial charge in [-0.25, -0.2) is 0 Å². The summed E-state index contributed by atoms with van der Waals surface area (Å²) in [6.45, 7) is 5.92. The summed E-state index contributed by atoms with van der Waals surface area (Å²) in [6.07, 6.45) is 7.08. The van der Waals surface area contributed by atoms with Gasteiger partial charge in [0.05, 0.1) is 0 Å². The summed E-state index contributed by atoms with van der Waals surface area (Å²) in [5.74, 6) is 0.974. The maximum atomic E-state index is 3.32. The molecule has 1 fully saturated rings. The van der Waals surface area contributed by atoms with E-state index in [-0.39, 0.29) is 0 Å². The molecule has 0 aromatic carbocycles. The van der Waals surface area contributed by atoms with E-state index in [1.165, 1.54) is 38.6 Å². The molecule has 1 rings (SSSR count). The topological polar surface area (TPSA) is 15.3 Å². The first kappa shape index (κ1) is 13.0. The smallest absolute Gasteiger partial charge is 0.00786 e. The molecule has 0 bridgehead atoms. The molecule has 15 heavy (non-hydrogen) atoms. The third-order valence-electron chi connectivity index (χ3n) is 3.96. The number of nitrogens with one attached hydrogen (secondary N) is 1. The van der Waals surface area contributed by atoms with Crippen LogP contribution >= 0.6 is 0 Å². The highest BCUT2D eigenvalue weighted by Gasteiger charge is 2.19. The maximum Gasteiger partial charge on any atom is 0.00786 e. The van der Waals surface area contributed by atoms with E-state index in [0.717, 1.165) is 5.92 Å². The van der Waals surface area contributed by atoms with Crippen LogP contribution in [0.3, 0.4) is 0 Å². The Morgan fingerprint density at radius 3 is 2.40 bits per heavy atom. The zero-order valence-corrected chi connectivity index (χ0v) is 10.9. The summed E-state index contributed by atoms with van der Waals surface area (Å²) in [5.41, 5.74) is 0. The van der Waals surface area contributed by atoms with Gasteiger partial charge in [-0.15, -0.1) is 0 Å². The van der Waals surface area contributed by atoms with E-state index in [1.807, 2.05) is 7.05 Å². The quantitative estimate of drug-likeness (QED) is 0.728. The molecule has 0 radical (unpaired) electrons. The summed E-state index contributed by atoms with van der Waals surface area (Å²) < 4.78 is 0. The monoisotopic (exact) mass is 212 g/mol. The van der Waals surface area contributed by atoms with Gasteiger partial charge in [-0.05, 0) is 53.1 Å². The largest absolute Gasteiger partial charge is 0.317 e. The van der Waals surface area contributed by atoms with Gasteiger partial charge in [-0.2, -0.15) is 0 Å². The Kier molecular flexibility index (Phi) is 5.62. The van der Waals surface area contributed by atoms with Gasteiger partial charge < -0.3 is 10.2 Å². The van der Waals surface area contributed by atoms with Crippen LogP contribution in [-0.4, -0.2) is 37.6 Å². The SMILES string of the molecule is CNC(C)CC(C)N(C)CC1CCCC1. The normalized spacial score (nSPS) is 22.2. The van der Waals surface area contributed by atoms with Gasteiger partial charge in [0.15, 0.2) is 0 Å². The summed E-state index contributed by atoms with van der Waals surface area (Å²) in [7, 11) is 4.33. The lowest BCUT2D eigenvalue weighted by atomic mass is 10.0. The highest BCUT2D eigenvalue weighted by molar-refractivity contribution is 4.75. The van der Waals surface area contributed by atoms with Crippen LogP contribution in [0.5, 0.6) is 0 Å². The van der Waals surface area contributed by atoms with Crippen molar-refractivity contribution in [2.75, 3.05) is 20.6 Å². The van der Waals surface area contributed by atoms with E-state index in [4.69, 9.17) is 0 Å². The molecule has 1 N–H and O–H groups in total. The van der Waals surface area contributed by atoms with E-state index in [2.05, 4.69) is 31.1 Å². The molecule has 0 heterocycles. The van der Waals surface area contributed by atoms with Crippen LogP contribution in [0.4, 0.5) is 0 Å². The lowest BCUT2D eigenvalue weighted by Crippen LogP contribution is -2.37. The first-order valence-corrected chi connectivity index (χ1v) is 6.51. The van der Waals surface area contributed by atoms with Crippen LogP contribution in [-0.2, 0) is 0 Å². The van der Waals surface area contributed by atoms with Gasteiger partial charge in [0.2, 0.25) is 0 Å². The van der Waals surface area contributed by atoms with Crippen LogP contribution in [0.25, 0.3) is 0 Å². The fourth-order valence-electron chi connectivity index (χ4n) is 2.59. The molecule has 0 amide bonds. The molecule has 0 aromatic rings. The van der Waals surface area contributed by atoms with Gasteiger partial charge >= 0.3 is 0 Å². The van der Waals surface area contributed by atoms with Crippen LogP contribution < -0.4 is 5.32 Å². The van der Waals surface area contributed by atoms with Crippen molar-refractivity contribution in [1.82, 2.24) is 10.2 Å². The van der Waals surface area contributed by atoms with Crippen LogP contribution in [0, 0.1) is 5.92 Å². The van der Waals surface area contributed by atoms with Crippen molar-refractivity contribution in [2.24, 2.45) is 5.92 Å². The Bertz CT molecular complexity index is 164. The van der Waals surface area contributed by atoms with Crippen molar-refractivity contribution >= 4 is 0 Å². The van der Waals surface area contributed by atoms with Crippen molar-refractivity contribution in [3.05, 3.63) is 0 Å². The lowest BCUT2D eigenvalue weighted by molar-refractivity contribution is 0.200. The first-order valence-electron chi connectivity index (χ1n) is 6.51. The standard InChI is InChI=1S/C13H28N2/c1-11(14-3)9-12(2)15(4)10-13-7-5-6-8-13/h11-14H,5-10H2,1-4H3. The van der Waals surface area contributed by atoms with E-state index in [9.17, 15) is 0 Å². The first-order chi connectivity index (χ1) is 7.13. The molecular formula is C13H28N2. The second kappa shape index (κ2) is 6.49. The lowest BCUT2D eigenvalue weighted by Gasteiger charge is -2.29. The van der Waals surface area contributed by atoms with E-state index in [1.54, 1.807) is 0 Å². The predicted octanol–water partition coefficient (Wildman–Crippen LogP) is 2.49. The van der Waals surface area contributed by atoms with E-state index in [0.29, 0.717) is 12.1 Å². The van der Waals surface area contributed by atoms with Gasteiger partial charge in [-0.1, -0.05) is 12.8 Å². The van der Waals surface area contributed by atoms with Crippen LogP contribution in [0.2, 0.25) is 0 Å². The van der Waals surface area contributed by atoms with Crippen molar-refractivity contribution in [3.8, 4) is 0 Å². The molecule has 2 heteroatoms. The Morgan fingerprint density at radius 2 is 1.87 bits per heavy atom. The molecule has 2 nitrogen and oxygen atoms in total. The summed E-state index contributed by atoms with van der Waals surface area (Å²) in [4.78, 5) is 2.55. The van der Waals surface area contributed by atoms with Gasteiger partial charge in [-0.3, -0.25) is 0 Å². The number of hydrogen-bond donors (Lipinski definition) is 1. The predicted molar refractivity (Wildman–Crippen MR) is 67.2 cm³/mol. The minimum absolute atomic E-state index is 0.631. The third-order valence-corrected chi connectivity index (χ3v) is 3.96. The summed E-state index contributed by atoms with van der Waals surface area (Å²) in [6, 6.07) is 1.33. The zero-order chi connectivity index (χ0) is 11.3. The Labute approximate surface area is 95.4 Å². The number of rotatable bonds is 6. The van der Waals surface area contributed by atoms with Gasteiger partial charge in [0.1, 0.15) is 0 Å². The molecule has 1 aliphatic carbocycles. The Morgan fingerprint density at radius 1 is 1.27 bits per heavy atom. The minimum Gasteiger partial charge on any atom is -0.317 e. The zero-order valence-electron chi connectivity index (χ0n) is 10.9. The van der Waals surface area contributed by atoms with Crippen molar-refractivity contribution < 1.29 is 0 Å². The van der Waals surface area contributed by atoms with Crippen LogP contribution in [0.1, 0.15) is 46.0 Å². The highest BCUT2D eigenvalue weighted by atomic mass is 15.1. The average molecular weight is 212 g/mol. The molecule has 1 aliphatic rings. The fourth-order valence-corrected chi connectivity index (χ4v) is 2.59. The van der Waals surface area contributed by atoms with E-state index < -0.39 is 0 Å². The second-order valence-corrected chi connectivity index (χ2v) is 5.36. The molecule has 0 aromatic heterocycles. The maximum absolute atomic E-state index is 3.32. The molecule has 2 unspecified atom stereocenters. The number of nitrogens with zero attached hydrogens (tertiary/aromatic N) is 1. The molecule has 1 saturated carbocycles. The van der Waals surface area contributed by atoms with Crippen molar-refractivity contribution in [3.63, 3.8) is 0 Å². The van der Waals surface area contributed by atoms with Crippen LogP contribution in [0.15, 0.2) is 0 Å². The molecular weight excluding hydrogens is 184 g/mol. The van der Waals surface area contributed by atoms with Gasteiger partial charge in [0, 0.05) is 18.6 Å². The summed E-state index contributed by atoms with van der Waals surface area (Å²) in [5, 5.41) is 3.32. The highest BCUT2D eigenvalue weighted by Crippen LogP contribution is 2.25. The minimum atomic E-state index is 0.631. The van der Waals surface area contributed by atoms with Crippen molar-refractivity contribution in [2.45, 2.75) is 58.0 Å². The third kappa shape index (κ3) is 4.52. The average Bonchev–Trinajstić information content (AvgIpc) is 2.70. The summed E-state index contributed by atoms with van der Waals surface area (Å²) >= 11 is 0. The molecule has 2 atom stereocenters. The molecule has 0 spiro atoms.